The minimum absolute atomic E-state index is 0.160. The predicted octanol–water partition coefficient (Wildman–Crippen LogP) is 3.93. The van der Waals surface area contributed by atoms with Crippen molar-refractivity contribution in [1.29, 1.82) is 0 Å². The van der Waals surface area contributed by atoms with Crippen LogP contribution in [0.25, 0.3) is 5.57 Å². The molecule has 1 aliphatic heterocycles. The van der Waals surface area contributed by atoms with Crippen molar-refractivity contribution in [3.8, 4) is 0 Å². The predicted molar refractivity (Wildman–Crippen MR) is 95.2 cm³/mol. The summed E-state index contributed by atoms with van der Waals surface area (Å²) in [7, 11) is 0. The van der Waals surface area contributed by atoms with E-state index in [1.54, 1.807) is 18.4 Å². The lowest BCUT2D eigenvalue weighted by Gasteiger charge is -2.13. The molecule has 2 aromatic rings. The highest BCUT2D eigenvalue weighted by Crippen LogP contribution is 2.37. The van der Waals surface area contributed by atoms with E-state index in [1.807, 2.05) is 39.0 Å². The lowest BCUT2D eigenvalue weighted by Crippen LogP contribution is -2.30. The highest BCUT2D eigenvalue weighted by Gasteiger charge is 2.39. The zero-order chi connectivity index (χ0) is 17.3. The van der Waals surface area contributed by atoms with Crippen molar-refractivity contribution in [2.75, 3.05) is 5.75 Å². The molecule has 0 unspecified atom stereocenters. The van der Waals surface area contributed by atoms with Crippen molar-refractivity contribution in [2.45, 2.75) is 27.3 Å². The number of nitrogens with zero attached hydrogens (tertiary/aromatic N) is 1. The second-order valence-corrected chi connectivity index (χ2v) is 7.01. The second-order valence-electron chi connectivity index (χ2n) is 5.73. The van der Waals surface area contributed by atoms with Crippen molar-refractivity contribution < 1.29 is 14.0 Å². The first-order valence-electron chi connectivity index (χ1n) is 7.86. The zero-order valence-electron chi connectivity index (χ0n) is 14.0. The van der Waals surface area contributed by atoms with Crippen LogP contribution >= 0.6 is 11.8 Å². The van der Waals surface area contributed by atoms with E-state index in [9.17, 15) is 9.59 Å². The van der Waals surface area contributed by atoms with Crippen LogP contribution in [0.5, 0.6) is 0 Å². The molecule has 24 heavy (non-hydrogen) atoms. The molecule has 4 nitrogen and oxygen atoms in total. The third kappa shape index (κ3) is 2.91. The molecule has 0 N–H and O–H groups in total. The molecule has 0 bridgehead atoms. The Morgan fingerprint density at radius 1 is 1.12 bits per heavy atom. The van der Waals surface area contributed by atoms with Crippen molar-refractivity contribution >= 4 is 29.1 Å². The van der Waals surface area contributed by atoms with Crippen LogP contribution in [0.1, 0.15) is 29.4 Å². The van der Waals surface area contributed by atoms with E-state index in [4.69, 9.17) is 4.42 Å². The van der Waals surface area contributed by atoms with Crippen LogP contribution in [0.15, 0.2) is 45.9 Å². The van der Waals surface area contributed by atoms with E-state index in [-0.39, 0.29) is 18.4 Å². The second kappa shape index (κ2) is 6.69. The minimum Gasteiger partial charge on any atom is -0.467 e. The van der Waals surface area contributed by atoms with Crippen LogP contribution < -0.4 is 0 Å². The molecule has 0 saturated heterocycles. The Kier molecular flexibility index (Phi) is 4.62. The lowest BCUT2D eigenvalue weighted by molar-refractivity contribution is -0.137. The Bertz CT molecular complexity index is 821. The van der Waals surface area contributed by atoms with E-state index in [0.717, 1.165) is 22.4 Å². The van der Waals surface area contributed by atoms with Gasteiger partial charge in [-0.15, -0.1) is 11.8 Å². The summed E-state index contributed by atoms with van der Waals surface area (Å²) < 4.78 is 5.30. The van der Waals surface area contributed by atoms with Crippen LogP contribution in [0.3, 0.4) is 0 Å². The monoisotopic (exact) mass is 341 g/mol. The van der Waals surface area contributed by atoms with E-state index in [1.165, 1.54) is 16.7 Å². The number of benzene rings is 1. The van der Waals surface area contributed by atoms with Crippen LogP contribution in [-0.2, 0) is 16.1 Å². The normalized spacial score (nSPS) is 14.9. The van der Waals surface area contributed by atoms with E-state index >= 15 is 0 Å². The first kappa shape index (κ1) is 16.6. The van der Waals surface area contributed by atoms with Crippen molar-refractivity contribution in [3.05, 3.63) is 64.0 Å². The van der Waals surface area contributed by atoms with E-state index < -0.39 is 0 Å². The van der Waals surface area contributed by atoms with Crippen LogP contribution in [0.4, 0.5) is 0 Å². The number of rotatable bonds is 5. The molecule has 0 aliphatic carbocycles. The molecule has 0 spiro atoms. The summed E-state index contributed by atoms with van der Waals surface area (Å²) in [5.74, 6) is 0.842. The summed E-state index contributed by atoms with van der Waals surface area (Å²) in [5, 5.41) is 0. The summed E-state index contributed by atoms with van der Waals surface area (Å²) in [6.07, 6.45) is 1.54. The molecule has 124 valence electrons. The van der Waals surface area contributed by atoms with Gasteiger partial charge in [0.2, 0.25) is 0 Å². The molecular formula is C19H19NO3S. The van der Waals surface area contributed by atoms with Gasteiger partial charge in [-0.3, -0.25) is 14.5 Å². The van der Waals surface area contributed by atoms with Gasteiger partial charge in [0.1, 0.15) is 5.76 Å². The minimum atomic E-state index is -0.251. The first-order valence-corrected chi connectivity index (χ1v) is 8.84. The van der Waals surface area contributed by atoms with Gasteiger partial charge in [-0.2, -0.15) is 0 Å². The largest absolute Gasteiger partial charge is 0.467 e. The number of imide groups is 1. The molecule has 1 aliphatic rings. The molecule has 1 aromatic carbocycles. The highest BCUT2D eigenvalue weighted by molar-refractivity contribution is 8.04. The Morgan fingerprint density at radius 2 is 1.92 bits per heavy atom. The zero-order valence-corrected chi connectivity index (χ0v) is 14.8. The summed E-state index contributed by atoms with van der Waals surface area (Å²) in [5.41, 5.74) is 3.47. The Morgan fingerprint density at radius 3 is 2.54 bits per heavy atom. The van der Waals surface area contributed by atoms with Crippen LogP contribution in [0.2, 0.25) is 0 Å². The van der Waals surface area contributed by atoms with Gasteiger partial charge in [0.15, 0.2) is 0 Å². The number of carbonyl (C=O) groups excluding carboxylic acids is 2. The average Bonchev–Trinajstić information content (AvgIpc) is 3.12. The summed E-state index contributed by atoms with van der Waals surface area (Å²) >= 11 is 1.42. The molecule has 5 heteroatoms. The number of hydrogen-bond acceptors (Lipinski definition) is 4. The van der Waals surface area contributed by atoms with E-state index in [2.05, 4.69) is 0 Å². The average molecular weight is 341 g/mol. The maximum Gasteiger partial charge on any atom is 0.268 e. The van der Waals surface area contributed by atoms with Crippen LogP contribution in [-0.4, -0.2) is 22.5 Å². The van der Waals surface area contributed by atoms with Crippen LogP contribution in [0, 0.1) is 13.8 Å². The maximum absolute atomic E-state index is 13.0. The lowest BCUT2D eigenvalue weighted by atomic mass is 9.99. The molecule has 3 rings (SSSR count). The number of aryl methyl sites for hydroxylation is 2. The summed E-state index contributed by atoms with van der Waals surface area (Å²) in [6, 6.07) is 9.45. The smallest absolute Gasteiger partial charge is 0.268 e. The molecule has 0 radical (unpaired) electrons. The fourth-order valence-corrected chi connectivity index (χ4v) is 3.73. The topological polar surface area (TPSA) is 50.5 Å². The van der Waals surface area contributed by atoms with Crippen molar-refractivity contribution in [2.24, 2.45) is 0 Å². The molecule has 0 atom stereocenters. The number of hydrogen-bond donors (Lipinski definition) is 0. The summed E-state index contributed by atoms with van der Waals surface area (Å²) in [4.78, 5) is 27.5. The maximum atomic E-state index is 13.0. The quantitative estimate of drug-likeness (QED) is 0.773. The van der Waals surface area contributed by atoms with Gasteiger partial charge < -0.3 is 4.42 Å². The number of amides is 2. The Labute approximate surface area is 145 Å². The van der Waals surface area contributed by atoms with Gasteiger partial charge >= 0.3 is 0 Å². The van der Waals surface area contributed by atoms with Gasteiger partial charge in [0, 0.05) is 0 Å². The molecule has 0 fully saturated rings. The first-order chi connectivity index (χ1) is 11.5. The van der Waals surface area contributed by atoms with Crippen molar-refractivity contribution in [3.63, 3.8) is 0 Å². The number of thioether (sulfide) groups is 1. The molecule has 2 amide bonds. The van der Waals surface area contributed by atoms with Gasteiger partial charge in [0.05, 0.1) is 23.3 Å². The molecule has 2 heterocycles. The van der Waals surface area contributed by atoms with Gasteiger partial charge in [-0.1, -0.05) is 30.7 Å². The highest BCUT2D eigenvalue weighted by atomic mass is 32.2. The Balaban J connectivity index is 2.03. The molecule has 1 aromatic heterocycles. The Hall–Kier alpha value is -2.27. The SMILES string of the molecule is CCSC1=C(c2ccc(C)cc2C)C(=O)N(Cc2ccco2)C1=O. The van der Waals surface area contributed by atoms with Gasteiger partial charge in [-0.05, 0) is 42.9 Å². The van der Waals surface area contributed by atoms with E-state index in [0.29, 0.717) is 16.2 Å². The summed E-state index contributed by atoms with van der Waals surface area (Å²) in [6.45, 7) is 6.12. The molecule has 0 saturated carbocycles. The fourth-order valence-electron chi connectivity index (χ4n) is 2.87. The molecular weight excluding hydrogens is 322 g/mol. The van der Waals surface area contributed by atoms with Crippen molar-refractivity contribution in [1.82, 2.24) is 4.90 Å². The third-order valence-electron chi connectivity index (χ3n) is 3.96. The van der Waals surface area contributed by atoms with Gasteiger partial charge in [0.25, 0.3) is 11.8 Å². The third-order valence-corrected chi connectivity index (χ3v) is 4.92. The number of furan rings is 1. The standard InChI is InChI=1S/C19H19NO3S/c1-4-24-17-16(15-8-7-12(2)10-13(15)3)18(21)20(19(17)22)11-14-6-5-9-23-14/h5-10H,4,11H2,1-3H3. The fraction of sp³-hybridized carbons (Fsp3) is 0.263. The number of carbonyl (C=O) groups is 2. The van der Waals surface area contributed by atoms with Gasteiger partial charge in [-0.25, -0.2) is 0 Å².